The Morgan fingerprint density at radius 1 is 1.40 bits per heavy atom. The van der Waals surface area contributed by atoms with Crippen LogP contribution < -0.4 is 5.32 Å². The highest BCUT2D eigenvalue weighted by atomic mass is 79.9. The number of anilines is 1. The Morgan fingerprint density at radius 2 is 2.07 bits per heavy atom. The Bertz CT molecular complexity index is 380. The molecule has 1 aromatic rings. The van der Waals surface area contributed by atoms with Crippen LogP contribution in [0.5, 0.6) is 0 Å². The van der Waals surface area contributed by atoms with E-state index in [1.54, 1.807) is 0 Å². The lowest BCUT2D eigenvalue weighted by atomic mass is 10.1. The predicted molar refractivity (Wildman–Crippen MR) is 66.7 cm³/mol. The highest BCUT2D eigenvalue weighted by Crippen LogP contribution is 2.21. The summed E-state index contributed by atoms with van der Waals surface area (Å²) in [5, 5.41) is 12.2. The van der Waals surface area contributed by atoms with E-state index in [0.29, 0.717) is 5.92 Å². The fourth-order valence-corrected chi connectivity index (χ4v) is 1.51. The average molecular weight is 267 g/mol. The second kappa shape index (κ2) is 5.18. The molecule has 1 atom stereocenters. The second-order valence-corrected chi connectivity index (χ2v) is 4.81. The SMILES string of the molecule is Cc1cc(NC(C#N)C(C)C)ccc1Br. The zero-order valence-electron chi connectivity index (χ0n) is 9.21. The summed E-state index contributed by atoms with van der Waals surface area (Å²) in [5.74, 6) is 0.305. The van der Waals surface area contributed by atoms with Gasteiger partial charge in [-0.05, 0) is 36.6 Å². The van der Waals surface area contributed by atoms with Crippen LogP contribution in [0.25, 0.3) is 0 Å². The molecule has 0 saturated heterocycles. The first-order valence-electron chi connectivity index (χ1n) is 4.97. The number of aryl methyl sites for hydroxylation is 1. The fourth-order valence-electron chi connectivity index (χ4n) is 1.26. The zero-order chi connectivity index (χ0) is 11.4. The van der Waals surface area contributed by atoms with Crippen LogP contribution in [0.1, 0.15) is 19.4 Å². The van der Waals surface area contributed by atoms with Crippen molar-refractivity contribution < 1.29 is 0 Å². The molecule has 0 aliphatic heterocycles. The standard InChI is InChI=1S/C12H15BrN2/c1-8(2)12(7-14)15-10-4-5-11(13)9(3)6-10/h4-6,8,12,15H,1-3H3. The number of nitrogens with zero attached hydrogens (tertiary/aromatic N) is 1. The van der Waals surface area contributed by atoms with Gasteiger partial charge in [0.25, 0.3) is 0 Å². The van der Waals surface area contributed by atoms with Gasteiger partial charge in [-0.1, -0.05) is 29.8 Å². The van der Waals surface area contributed by atoms with Crippen molar-refractivity contribution >= 4 is 21.6 Å². The maximum absolute atomic E-state index is 8.96. The number of benzene rings is 1. The van der Waals surface area contributed by atoms with Crippen molar-refractivity contribution in [1.82, 2.24) is 0 Å². The minimum absolute atomic E-state index is 0.134. The van der Waals surface area contributed by atoms with Crippen molar-refractivity contribution in [1.29, 1.82) is 5.26 Å². The van der Waals surface area contributed by atoms with Crippen LogP contribution in [0, 0.1) is 24.2 Å². The average Bonchev–Trinajstić information content (AvgIpc) is 2.19. The normalized spacial score (nSPS) is 12.3. The maximum Gasteiger partial charge on any atom is 0.116 e. The monoisotopic (exact) mass is 266 g/mol. The molecule has 0 radical (unpaired) electrons. The summed E-state index contributed by atoms with van der Waals surface area (Å²) in [5.41, 5.74) is 2.16. The Balaban J connectivity index is 2.81. The van der Waals surface area contributed by atoms with Gasteiger partial charge in [0.15, 0.2) is 0 Å². The van der Waals surface area contributed by atoms with E-state index in [1.165, 1.54) is 5.56 Å². The molecule has 0 fully saturated rings. The molecule has 0 bridgehead atoms. The predicted octanol–water partition coefficient (Wildman–Crippen LogP) is 3.72. The summed E-state index contributed by atoms with van der Waals surface area (Å²) in [4.78, 5) is 0. The molecule has 0 saturated carbocycles. The Kier molecular flexibility index (Phi) is 4.16. The van der Waals surface area contributed by atoms with Crippen LogP contribution in [-0.4, -0.2) is 6.04 Å². The third-order valence-corrected chi connectivity index (χ3v) is 3.18. The lowest BCUT2D eigenvalue weighted by Gasteiger charge is -2.16. The lowest BCUT2D eigenvalue weighted by molar-refractivity contribution is 0.609. The molecule has 0 heterocycles. The number of rotatable bonds is 3. The Morgan fingerprint density at radius 3 is 2.53 bits per heavy atom. The minimum Gasteiger partial charge on any atom is -0.370 e. The summed E-state index contributed by atoms with van der Waals surface area (Å²) in [6.45, 7) is 6.10. The summed E-state index contributed by atoms with van der Waals surface area (Å²) in [6, 6.07) is 8.13. The largest absolute Gasteiger partial charge is 0.370 e. The van der Waals surface area contributed by atoms with Crippen molar-refractivity contribution in [2.24, 2.45) is 5.92 Å². The second-order valence-electron chi connectivity index (χ2n) is 3.96. The number of halogens is 1. The molecule has 0 aliphatic rings. The number of hydrogen-bond acceptors (Lipinski definition) is 2. The van der Waals surface area contributed by atoms with Gasteiger partial charge in [0.1, 0.15) is 6.04 Å². The molecular weight excluding hydrogens is 252 g/mol. The van der Waals surface area contributed by atoms with Crippen molar-refractivity contribution in [2.45, 2.75) is 26.8 Å². The smallest absolute Gasteiger partial charge is 0.116 e. The number of nitrogens with one attached hydrogen (secondary N) is 1. The molecule has 0 amide bonds. The van der Waals surface area contributed by atoms with Crippen molar-refractivity contribution in [2.75, 3.05) is 5.32 Å². The summed E-state index contributed by atoms with van der Waals surface area (Å²) < 4.78 is 1.09. The molecule has 0 aliphatic carbocycles. The molecule has 0 spiro atoms. The van der Waals surface area contributed by atoms with Gasteiger partial charge >= 0.3 is 0 Å². The fraction of sp³-hybridized carbons (Fsp3) is 0.417. The van der Waals surface area contributed by atoms with Gasteiger partial charge in [-0.25, -0.2) is 0 Å². The van der Waals surface area contributed by atoms with Crippen LogP contribution in [0.15, 0.2) is 22.7 Å². The first kappa shape index (κ1) is 12.1. The topological polar surface area (TPSA) is 35.8 Å². The molecule has 1 rings (SSSR count). The Labute approximate surface area is 99.4 Å². The van der Waals surface area contributed by atoms with Gasteiger partial charge in [0.2, 0.25) is 0 Å². The molecule has 0 aromatic heterocycles. The summed E-state index contributed by atoms with van der Waals surface area (Å²) in [6.07, 6.45) is 0. The van der Waals surface area contributed by atoms with Gasteiger partial charge in [-0.15, -0.1) is 0 Å². The van der Waals surface area contributed by atoms with E-state index >= 15 is 0 Å². The summed E-state index contributed by atoms with van der Waals surface area (Å²) >= 11 is 3.45. The highest BCUT2D eigenvalue weighted by molar-refractivity contribution is 9.10. The molecular formula is C12H15BrN2. The van der Waals surface area contributed by atoms with Crippen LogP contribution in [-0.2, 0) is 0 Å². The molecule has 1 aromatic carbocycles. The maximum atomic E-state index is 8.96. The van der Waals surface area contributed by atoms with Crippen molar-refractivity contribution in [3.63, 3.8) is 0 Å². The van der Waals surface area contributed by atoms with Gasteiger partial charge in [-0.3, -0.25) is 0 Å². The molecule has 1 N–H and O–H groups in total. The van der Waals surface area contributed by atoms with Gasteiger partial charge in [-0.2, -0.15) is 5.26 Å². The van der Waals surface area contributed by atoms with Crippen LogP contribution in [0.3, 0.4) is 0 Å². The van der Waals surface area contributed by atoms with E-state index in [4.69, 9.17) is 5.26 Å². The number of nitriles is 1. The first-order chi connectivity index (χ1) is 7.04. The van der Waals surface area contributed by atoms with Crippen LogP contribution >= 0.6 is 15.9 Å². The van der Waals surface area contributed by atoms with Gasteiger partial charge in [0.05, 0.1) is 6.07 Å². The lowest BCUT2D eigenvalue weighted by Crippen LogP contribution is -2.23. The van der Waals surface area contributed by atoms with E-state index < -0.39 is 0 Å². The quantitative estimate of drug-likeness (QED) is 0.906. The molecule has 80 valence electrons. The Hall–Kier alpha value is -1.01. The minimum atomic E-state index is -0.134. The van der Waals surface area contributed by atoms with Crippen LogP contribution in [0.4, 0.5) is 5.69 Å². The first-order valence-corrected chi connectivity index (χ1v) is 5.76. The van der Waals surface area contributed by atoms with Crippen molar-refractivity contribution in [3.05, 3.63) is 28.2 Å². The third-order valence-electron chi connectivity index (χ3n) is 2.29. The van der Waals surface area contributed by atoms with E-state index in [-0.39, 0.29) is 6.04 Å². The van der Waals surface area contributed by atoms with E-state index in [0.717, 1.165) is 10.2 Å². The van der Waals surface area contributed by atoms with Gasteiger partial charge in [0, 0.05) is 10.2 Å². The molecule has 15 heavy (non-hydrogen) atoms. The molecule has 3 heteroatoms. The van der Waals surface area contributed by atoms with E-state index in [9.17, 15) is 0 Å². The third kappa shape index (κ3) is 3.24. The van der Waals surface area contributed by atoms with Crippen molar-refractivity contribution in [3.8, 4) is 6.07 Å². The van der Waals surface area contributed by atoms with Crippen LogP contribution in [0.2, 0.25) is 0 Å². The molecule has 2 nitrogen and oxygen atoms in total. The highest BCUT2D eigenvalue weighted by Gasteiger charge is 2.11. The van der Waals surface area contributed by atoms with E-state index in [1.807, 2.05) is 39.0 Å². The number of hydrogen-bond donors (Lipinski definition) is 1. The zero-order valence-corrected chi connectivity index (χ0v) is 10.8. The summed E-state index contributed by atoms with van der Waals surface area (Å²) in [7, 11) is 0. The molecule has 1 unspecified atom stereocenters. The van der Waals surface area contributed by atoms with E-state index in [2.05, 4.69) is 27.3 Å². The van der Waals surface area contributed by atoms with Gasteiger partial charge < -0.3 is 5.32 Å².